The second-order valence-corrected chi connectivity index (χ2v) is 6.25. The van der Waals surface area contributed by atoms with E-state index < -0.39 is 0 Å². The SMILES string of the molecule is CPNc1c(C)c(C)c(C)c(C)c1C#CC(C)OPC. The Morgan fingerprint density at radius 2 is 1.60 bits per heavy atom. The fourth-order valence-corrected chi connectivity index (χ4v) is 3.11. The Hall–Kier alpha value is -0.600. The van der Waals surface area contributed by atoms with E-state index in [9.17, 15) is 0 Å². The minimum atomic E-state index is -0.0171. The molecule has 0 heterocycles. The van der Waals surface area contributed by atoms with Crippen LogP contribution in [0.5, 0.6) is 0 Å². The fraction of sp³-hybridized carbons (Fsp3) is 0.500. The van der Waals surface area contributed by atoms with Gasteiger partial charge in [-0.15, -0.1) is 0 Å². The summed E-state index contributed by atoms with van der Waals surface area (Å²) >= 11 is 0. The van der Waals surface area contributed by atoms with Crippen LogP contribution in [0.3, 0.4) is 0 Å². The monoisotopic (exact) mass is 309 g/mol. The summed E-state index contributed by atoms with van der Waals surface area (Å²) < 4.78 is 5.52. The Labute approximate surface area is 127 Å². The van der Waals surface area contributed by atoms with Gasteiger partial charge in [-0.1, -0.05) is 11.8 Å². The summed E-state index contributed by atoms with van der Waals surface area (Å²) in [7, 11) is 1.15. The summed E-state index contributed by atoms with van der Waals surface area (Å²) in [5.41, 5.74) is 7.57. The molecular formula is C16H25NOP2. The van der Waals surface area contributed by atoms with E-state index in [1.807, 2.05) is 13.6 Å². The van der Waals surface area contributed by atoms with Crippen LogP contribution in [0.2, 0.25) is 0 Å². The molecule has 0 fully saturated rings. The van der Waals surface area contributed by atoms with Gasteiger partial charge >= 0.3 is 0 Å². The van der Waals surface area contributed by atoms with Crippen LogP contribution >= 0.6 is 17.5 Å². The molecule has 20 heavy (non-hydrogen) atoms. The zero-order valence-electron chi connectivity index (χ0n) is 13.5. The van der Waals surface area contributed by atoms with Crippen LogP contribution in [0.4, 0.5) is 5.69 Å². The van der Waals surface area contributed by atoms with E-state index >= 15 is 0 Å². The Morgan fingerprint density at radius 1 is 1.00 bits per heavy atom. The molecule has 0 amide bonds. The maximum atomic E-state index is 5.52. The lowest BCUT2D eigenvalue weighted by Gasteiger charge is -2.18. The predicted molar refractivity (Wildman–Crippen MR) is 94.9 cm³/mol. The molecule has 0 spiro atoms. The van der Waals surface area contributed by atoms with Crippen LogP contribution in [-0.2, 0) is 4.52 Å². The number of anilines is 1. The van der Waals surface area contributed by atoms with E-state index in [0.717, 1.165) is 5.56 Å². The van der Waals surface area contributed by atoms with Gasteiger partial charge < -0.3 is 9.61 Å². The average Bonchev–Trinajstić information content (AvgIpc) is 2.42. The highest BCUT2D eigenvalue weighted by atomic mass is 31.1. The average molecular weight is 309 g/mol. The normalized spacial score (nSPS) is 12.9. The van der Waals surface area contributed by atoms with Crippen LogP contribution in [0.25, 0.3) is 0 Å². The van der Waals surface area contributed by atoms with Crippen molar-refractivity contribution in [2.75, 3.05) is 18.4 Å². The molecule has 0 aliphatic heterocycles. The van der Waals surface area contributed by atoms with Gasteiger partial charge in [0.05, 0.1) is 11.3 Å². The zero-order valence-corrected chi connectivity index (χ0v) is 15.5. The summed E-state index contributed by atoms with van der Waals surface area (Å²) in [4.78, 5) is 0. The highest BCUT2D eigenvalue weighted by molar-refractivity contribution is 7.38. The summed E-state index contributed by atoms with van der Waals surface area (Å²) in [5, 5.41) is 3.50. The van der Waals surface area contributed by atoms with Gasteiger partial charge in [0.2, 0.25) is 0 Å². The third-order valence-corrected chi connectivity index (χ3v) is 4.72. The van der Waals surface area contributed by atoms with Gasteiger partial charge in [-0.25, -0.2) is 0 Å². The van der Waals surface area contributed by atoms with Crippen molar-refractivity contribution in [2.24, 2.45) is 0 Å². The molecule has 1 N–H and O–H groups in total. The van der Waals surface area contributed by atoms with E-state index in [2.05, 4.69) is 51.3 Å². The number of nitrogens with one attached hydrogen (secondary N) is 1. The van der Waals surface area contributed by atoms with Gasteiger partial charge in [-0.3, -0.25) is 0 Å². The zero-order chi connectivity index (χ0) is 15.3. The highest BCUT2D eigenvalue weighted by Gasteiger charge is 2.13. The van der Waals surface area contributed by atoms with Crippen LogP contribution < -0.4 is 5.09 Å². The highest BCUT2D eigenvalue weighted by Crippen LogP contribution is 2.32. The topological polar surface area (TPSA) is 21.3 Å². The minimum Gasteiger partial charge on any atom is -0.366 e. The molecule has 0 aliphatic rings. The van der Waals surface area contributed by atoms with Crippen molar-refractivity contribution in [1.82, 2.24) is 0 Å². The van der Waals surface area contributed by atoms with Crippen molar-refractivity contribution in [3.8, 4) is 11.8 Å². The van der Waals surface area contributed by atoms with Crippen LogP contribution in [-0.4, -0.2) is 19.4 Å². The van der Waals surface area contributed by atoms with Crippen molar-refractivity contribution < 1.29 is 4.52 Å². The van der Waals surface area contributed by atoms with Crippen molar-refractivity contribution in [3.05, 3.63) is 27.8 Å². The number of hydrogen-bond acceptors (Lipinski definition) is 2. The quantitative estimate of drug-likeness (QED) is 0.651. The Kier molecular flexibility index (Phi) is 6.97. The smallest absolute Gasteiger partial charge is 0.119 e. The maximum Gasteiger partial charge on any atom is 0.119 e. The summed E-state index contributed by atoms with van der Waals surface area (Å²) in [6.07, 6.45) is -0.0171. The van der Waals surface area contributed by atoms with Crippen LogP contribution in [0, 0.1) is 39.5 Å². The standard InChI is InChI=1S/C16H25NOP2/c1-10(18-20-7)8-9-15-13(4)11(2)12(3)14(5)16(15)17-19-6/h10,17,19-20H,1-7H3. The lowest BCUT2D eigenvalue weighted by atomic mass is 9.92. The molecule has 0 saturated heterocycles. The Morgan fingerprint density at radius 3 is 2.15 bits per heavy atom. The molecule has 2 nitrogen and oxygen atoms in total. The first-order chi connectivity index (χ1) is 9.43. The van der Waals surface area contributed by atoms with Crippen molar-refractivity contribution in [1.29, 1.82) is 0 Å². The molecule has 1 rings (SSSR count). The van der Waals surface area contributed by atoms with Crippen LogP contribution in [0.15, 0.2) is 0 Å². The molecule has 0 radical (unpaired) electrons. The summed E-state index contributed by atoms with van der Waals surface area (Å²) in [5.74, 6) is 6.54. The number of benzene rings is 1. The fourth-order valence-electron chi connectivity index (χ4n) is 2.13. The van der Waals surface area contributed by atoms with Crippen molar-refractivity contribution in [3.63, 3.8) is 0 Å². The first-order valence-corrected chi connectivity index (χ1v) is 9.71. The molecule has 110 valence electrons. The van der Waals surface area contributed by atoms with Gasteiger partial charge in [-0.05, 0) is 78.9 Å². The Bertz CT molecular complexity index is 544. The van der Waals surface area contributed by atoms with E-state index in [-0.39, 0.29) is 6.10 Å². The lowest BCUT2D eigenvalue weighted by molar-refractivity contribution is 0.322. The van der Waals surface area contributed by atoms with E-state index in [0.29, 0.717) is 17.5 Å². The molecule has 0 bridgehead atoms. The van der Waals surface area contributed by atoms with E-state index in [1.165, 1.54) is 27.9 Å². The number of rotatable bonds is 4. The van der Waals surface area contributed by atoms with Gasteiger partial charge in [0.1, 0.15) is 6.10 Å². The molecule has 4 heteroatoms. The third-order valence-electron chi connectivity index (χ3n) is 3.63. The van der Waals surface area contributed by atoms with Gasteiger partial charge in [0.15, 0.2) is 0 Å². The first kappa shape index (κ1) is 17.5. The van der Waals surface area contributed by atoms with Crippen molar-refractivity contribution in [2.45, 2.75) is 40.7 Å². The Balaban J connectivity index is 3.36. The van der Waals surface area contributed by atoms with E-state index in [4.69, 9.17) is 4.52 Å². The predicted octanol–water partition coefficient (Wildman–Crippen LogP) is 4.54. The first-order valence-electron chi connectivity index (χ1n) is 6.81. The summed E-state index contributed by atoms with van der Waals surface area (Å²) in [6.45, 7) is 14.9. The molecule has 3 atom stereocenters. The van der Waals surface area contributed by atoms with Crippen molar-refractivity contribution >= 4 is 23.2 Å². The summed E-state index contributed by atoms with van der Waals surface area (Å²) in [6, 6.07) is 0. The molecular weight excluding hydrogens is 284 g/mol. The van der Waals surface area contributed by atoms with Gasteiger partial charge in [0, 0.05) is 8.81 Å². The van der Waals surface area contributed by atoms with E-state index in [1.54, 1.807) is 0 Å². The molecule has 0 aliphatic carbocycles. The molecule has 3 unspecified atom stereocenters. The van der Waals surface area contributed by atoms with Gasteiger partial charge in [-0.2, -0.15) is 0 Å². The molecule has 1 aromatic rings. The molecule has 0 aromatic heterocycles. The largest absolute Gasteiger partial charge is 0.366 e. The maximum absolute atomic E-state index is 5.52. The lowest BCUT2D eigenvalue weighted by Crippen LogP contribution is -2.03. The molecule has 1 aromatic carbocycles. The minimum absolute atomic E-state index is 0.0171. The third kappa shape index (κ3) is 3.95. The van der Waals surface area contributed by atoms with Gasteiger partial charge in [0.25, 0.3) is 0 Å². The second-order valence-electron chi connectivity index (χ2n) is 4.86. The van der Waals surface area contributed by atoms with Crippen LogP contribution in [0.1, 0.15) is 34.7 Å². The molecule has 0 saturated carbocycles. The second kappa shape index (κ2) is 7.99. The number of hydrogen-bond donors (Lipinski definition) is 1.